The van der Waals surface area contributed by atoms with Gasteiger partial charge in [0.1, 0.15) is 0 Å². The lowest BCUT2D eigenvalue weighted by Crippen LogP contribution is -2.13. The molecule has 1 rings (SSSR count). The van der Waals surface area contributed by atoms with E-state index in [0.717, 1.165) is 6.42 Å². The number of nitrogens with two attached hydrogens (primary N) is 1. The fourth-order valence-electron chi connectivity index (χ4n) is 1.44. The fraction of sp³-hybridized carbons (Fsp3) is 0.818. The summed E-state index contributed by atoms with van der Waals surface area (Å²) in [7, 11) is 0. The fourth-order valence-corrected chi connectivity index (χ4v) is 1.44. The molecule has 92 valence electrons. The van der Waals surface area contributed by atoms with E-state index >= 15 is 0 Å². The molecule has 5 nitrogen and oxygen atoms in total. The van der Waals surface area contributed by atoms with Gasteiger partial charge in [-0.15, -0.1) is 0 Å². The van der Waals surface area contributed by atoms with Crippen LogP contribution in [-0.4, -0.2) is 23.4 Å². The third-order valence-electron chi connectivity index (χ3n) is 2.20. The Hall–Kier alpha value is -0.940. The summed E-state index contributed by atoms with van der Waals surface area (Å²) in [4.78, 5) is 4.25. The standard InChI is InChI=1S/C11H21N3O2/c1-4-15-6-5-10-13-11(16-14-10)9(12)7-8(2)3/h8-9H,4-7,12H2,1-3H3/t9-/m0/s1. The largest absolute Gasteiger partial charge is 0.381 e. The van der Waals surface area contributed by atoms with E-state index in [1.54, 1.807) is 0 Å². The average Bonchev–Trinajstić information content (AvgIpc) is 2.66. The molecule has 0 amide bonds. The predicted octanol–water partition coefficient (Wildman–Crippen LogP) is 1.69. The van der Waals surface area contributed by atoms with Gasteiger partial charge in [-0.3, -0.25) is 0 Å². The summed E-state index contributed by atoms with van der Waals surface area (Å²) in [5.74, 6) is 1.72. The van der Waals surface area contributed by atoms with Crippen LogP contribution in [0, 0.1) is 5.92 Å². The van der Waals surface area contributed by atoms with E-state index in [1.807, 2.05) is 6.92 Å². The number of rotatable bonds is 7. The molecule has 2 N–H and O–H groups in total. The summed E-state index contributed by atoms with van der Waals surface area (Å²) in [6.07, 6.45) is 1.53. The van der Waals surface area contributed by atoms with Gasteiger partial charge >= 0.3 is 0 Å². The Bertz CT molecular complexity index is 299. The predicted molar refractivity (Wildman–Crippen MR) is 60.9 cm³/mol. The van der Waals surface area contributed by atoms with Crippen molar-refractivity contribution < 1.29 is 9.26 Å². The van der Waals surface area contributed by atoms with E-state index < -0.39 is 0 Å². The molecular formula is C11H21N3O2. The van der Waals surface area contributed by atoms with Crippen LogP contribution in [0.3, 0.4) is 0 Å². The van der Waals surface area contributed by atoms with Crippen molar-refractivity contribution in [2.45, 2.75) is 39.7 Å². The number of nitrogens with zero attached hydrogens (tertiary/aromatic N) is 2. The average molecular weight is 227 g/mol. The van der Waals surface area contributed by atoms with E-state index in [2.05, 4.69) is 24.0 Å². The van der Waals surface area contributed by atoms with Crippen molar-refractivity contribution in [1.29, 1.82) is 0 Å². The Kier molecular flexibility index (Phi) is 5.42. The molecule has 16 heavy (non-hydrogen) atoms. The highest BCUT2D eigenvalue weighted by molar-refractivity contribution is 4.92. The van der Waals surface area contributed by atoms with Gasteiger partial charge in [0, 0.05) is 13.0 Å². The lowest BCUT2D eigenvalue weighted by atomic mass is 10.0. The van der Waals surface area contributed by atoms with Gasteiger partial charge in [0.25, 0.3) is 0 Å². The summed E-state index contributed by atoms with van der Waals surface area (Å²) < 4.78 is 10.3. The van der Waals surface area contributed by atoms with Gasteiger partial charge in [-0.05, 0) is 19.3 Å². The van der Waals surface area contributed by atoms with Gasteiger partial charge in [0.2, 0.25) is 5.89 Å². The maximum Gasteiger partial charge on any atom is 0.243 e. The van der Waals surface area contributed by atoms with E-state index in [9.17, 15) is 0 Å². The molecule has 0 aliphatic rings. The number of hydrogen-bond donors (Lipinski definition) is 1. The molecule has 0 aromatic carbocycles. The van der Waals surface area contributed by atoms with Gasteiger partial charge in [-0.25, -0.2) is 0 Å². The van der Waals surface area contributed by atoms with Gasteiger partial charge in [-0.1, -0.05) is 19.0 Å². The summed E-state index contributed by atoms with van der Waals surface area (Å²) in [6, 6.07) is -0.159. The Morgan fingerprint density at radius 3 is 2.81 bits per heavy atom. The van der Waals surface area contributed by atoms with Crippen molar-refractivity contribution in [2.75, 3.05) is 13.2 Å². The van der Waals surface area contributed by atoms with Crippen molar-refractivity contribution in [1.82, 2.24) is 10.1 Å². The molecule has 0 spiro atoms. The first-order chi connectivity index (χ1) is 7.63. The molecule has 0 saturated carbocycles. The van der Waals surface area contributed by atoms with Gasteiger partial charge in [-0.2, -0.15) is 4.98 Å². The van der Waals surface area contributed by atoms with Crippen LogP contribution in [0.1, 0.15) is 44.9 Å². The molecule has 1 aromatic rings. The van der Waals surface area contributed by atoms with Crippen LogP contribution < -0.4 is 5.73 Å². The lowest BCUT2D eigenvalue weighted by molar-refractivity contribution is 0.149. The molecule has 0 saturated heterocycles. The van der Waals surface area contributed by atoms with E-state index in [0.29, 0.717) is 37.3 Å². The van der Waals surface area contributed by atoms with Crippen LogP contribution in [0.2, 0.25) is 0 Å². The maximum atomic E-state index is 5.94. The van der Waals surface area contributed by atoms with Gasteiger partial charge in [0.15, 0.2) is 5.82 Å². The van der Waals surface area contributed by atoms with Crippen LogP contribution in [0.15, 0.2) is 4.52 Å². The Labute approximate surface area is 96.4 Å². The first kappa shape index (κ1) is 13.1. The zero-order valence-corrected chi connectivity index (χ0v) is 10.3. The molecule has 0 bridgehead atoms. The summed E-state index contributed by atoms with van der Waals surface area (Å²) in [5.41, 5.74) is 5.94. The minimum absolute atomic E-state index is 0.159. The molecule has 0 fully saturated rings. The smallest absolute Gasteiger partial charge is 0.243 e. The number of hydrogen-bond acceptors (Lipinski definition) is 5. The van der Waals surface area contributed by atoms with Crippen LogP contribution in [-0.2, 0) is 11.2 Å². The Morgan fingerprint density at radius 1 is 1.44 bits per heavy atom. The molecule has 1 atom stereocenters. The highest BCUT2D eigenvalue weighted by Gasteiger charge is 2.15. The zero-order valence-electron chi connectivity index (χ0n) is 10.3. The molecule has 5 heteroatoms. The monoisotopic (exact) mass is 227 g/mol. The first-order valence-corrected chi connectivity index (χ1v) is 5.79. The second-order valence-electron chi connectivity index (χ2n) is 4.23. The highest BCUT2D eigenvalue weighted by Crippen LogP contribution is 2.16. The minimum atomic E-state index is -0.159. The van der Waals surface area contributed by atoms with E-state index in [1.165, 1.54) is 0 Å². The topological polar surface area (TPSA) is 74.2 Å². The first-order valence-electron chi connectivity index (χ1n) is 5.79. The van der Waals surface area contributed by atoms with Crippen molar-refractivity contribution in [3.05, 3.63) is 11.7 Å². The van der Waals surface area contributed by atoms with Crippen LogP contribution >= 0.6 is 0 Å². The van der Waals surface area contributed by atoms with Gasteiger partial charge in [0.05, 0.1) is 12.6 Å². The summed E-state index contributed by atoms with van der Waals surface area (Å²) in [6.45, 7) is 7.52. The van der Waals surface area contributed by atoms with E-state index in [-0.39, 0.29) is 6.04 Å². The van der Waals surface area contributed by atoms with Crippen molar-refractivity contribution in [3.63, 3.8) is 0 Å². The van der Waals surface area contributed by atoms with Crippen LogP contribution in [0.25, 0.3) is 0 Å². The van der Waals surface area contributed by atoms with E-state index in [4.69, 9.17) is 15.0 Å². The molecule has 0 aliphatic carbocycles. The van der Waals surface area contributed by atoms with Crippen LogP contribution in [0.5, 0.6) is 0 Å². The second kappa shape index (κ2) is 6.60. The quantitative estimate of drug-likeness (QED) is 0.717. The Balaban J connectivity index is 2.44. The van der Waals surface area contributed by atoms with Gasteiger partial charge < -0.3 is 15.0 Å². The molecule has 0 aliphatic heterocycles. The second-order valence-corrected chi connectivity index (χ2v) is 4.23. The molecule has 1 aromatic heterocycles. The highest BCUT2D eigenvalue weighted by atomic mass is 16.5. The normalized spacial score (nSPS) is 13.3. The third kappa shape index (κ3) is 4.28. The molecule has 0 radical (unpaired) electrons. The Morgan fingerprint density at radius 2 is 2.19 bits per heavy atom. The van der Waals surface area contributed by atoms with Crippen molar-refractivity contribution in [2.24, 2.45) is 11.7 Å². The maximum absolute atomic E-state index is 5.94. The third-order valence-corrected chi connectivity index (χ3v) is 2.20. The van der Waals surface area contributed by atoms with Crippen molar-refractivity contribution in [3.8, 4) is 0 Å². The summed E-state index contributed by atoms with van der Waals surface area (Å²) in [5, 5.41) is 3.87. The minimum Gasteiger partial charge on any atom is -0.381 e. The van der Waals surface area contributed by atoms with Crippen molar-refractivity contribution >= 4 is 0 Å². The molecule has 0 unspecified atom stereocenters. The molecule has 1 heterocycles. The SMILES string of the molecule is CCOCCc1noc([C@@H](N)CC(C)C)n1. The lowest BCUT2D eigenvalue weighted by Gasteiger charge is -2.08. The zero-order chi connectivity index (χ0) is 12.0. The van der Waals surface area contributed by atoms with Crippen LogP contribution in [0.4, 0.5) is 0 Å². The summed E-state index contributed by atoms with van der Waals surface area (Å²) >= 11 is 0. The number of ether oxygens (including phenoxy) is 1. The number of aromatic nitrogens is 2. The molecular weight excluding hydrogens is 206 g/mol.